The van der Waals surface area contributed by atoms with Gasteiger partial charge in [-0.15, -0.1) is 10.2 Å². The van der Waals surface area contributed by atoms with E-state index in [1.807, 2.05) is 36.4 Å². The van der Waals surface area contributed by atoms with Gasteiger partial charge in [0.05, 0.1) is 17.8 Å². The first-order valence-corrected chi connectivity index (χ1v) is 11.2. The third kappa shape index (κ3) is 6.59. The van der Waals surface area contributed by atoms with Crippen LogP contribution in [0.3, 0.4) is 0 Å². The predicted molar refractivity (Wildman–Crippen MR) is 139 cm³/mol. The molecule has 3 aromatic carbocycles. The van der Waals surface area contributed by atoms with E-state index in [0.29, 0.717) is 22.8 Å². The van der Waals surface area contributed by atoms with Crippen molar-refractivity contribution in [3.63, 3.8) is 0 Å². The van der Waals surface area contributed by atoms with Gasteiger partial charge in [-0.1, -0.05) is 54.6 Å². The Kier molecular flexibility index (Phi) is 7.61. The molecule has 9 heteroatoms. The molecule has 4 aromatic rings. The summed E-state index contributed by atoms with van der Waals surface area (Å²) in [7, 11) is 0. The van der Waals surface area contributed by atoms with Gasteiger partial charge in [0.1, 0.15) is 5.75 Å². The van der Waals surface area contributed by atoms with E-state index in [0.717, 1.165) is 11.3 Å². The van der Waals surface area contributed by atoms with Crippen LogP contribution < -0.4 is 21.1 Å². The van der Waals surface area contributed by atoms with Crippen molar-refractivity contribution < 1.29 is 14.6 Å². The van der Waals surface area contributed by atoms with Crippen molar-refractivity contribution in [2.45, 2.75) is 12.5 Å². The second-order valence-electron chi connectivity index (χ2n) is 7.62. The van der Waals surface area contributed by atoms with E-state index < -0.39 is 12.0 Å². The Hall–Kier alpha value is -4.34. The lowest BCUT2D eigenvalue weighted by Gasteiger charge is -2.15. The van der Waals surface area contributed by atoms with E-state index >= 15 is 0 Å². The Morgan fingerprint density at radius 3 is 2.46 bits per heavy atom. The summed E-state index contributed by atoms with van der Waals surface area (Å²) in [5.41, 5.74) is 8.95. The van der Waals surface area contributed by atoms with Crippen LogP contribution in [0.25, 0.3) is 11.3 Å². The highest BCUT2D eigenvalue weighted by Gasteiger charge is 2.16. The third-order valence-electron chi connectivity index (χ3n) is 5.02. The number of nitrogens with zero attached hydrogens (tertiary/aromatic N) is 2. The molecule has 0 aliphatic heterocycles. The summed E-state index contributed by atoms with van der Waals surface area (Å²) >= 11 is 5.39. The van der Waals surface area contributed by atoms with Crippen molar-refractivity contribution in [1.82, 2.24) is 10.2 Å². The number of rotatable bonds is 7. The number of hydrogen-bond acceptors (Lipinski definition) is 7. The molecular formula is C26H23N5O3S. The zero-order chi connectivity index (χ0) is 24.6. The zero-order valence-electron chi connectivity index (χ0n) is 18.6. The highest BCUT2D eigenvalue weighted by atomic mass is 32.1. The fourth-order valence-corrected chi connectivity index (χ4v) is 3.52. The molecule has 0 radical (unpaired) electrons. The zero-order valence-corrected chi connectivity index (χ0v) is 19.4. The number of benzene rings is 3. The van der Waals surface area contributed by atoms with E-state index in [1.165, 1.54) is 12.1 Å². The molecule has 5 N–H and O–H groups in total. The maximum atomic E-state index is 12.5. The molecule has 8 nitrogen and oxygen atoms in total. The third-order valence-corrected chi connectivity index (χ3v) is 5.22. The first-order valence-electron chi connectivity index (χ1n) is 10.8. The number of para-hydroxylation sites is 2. The molecule has 1 heterocycles. The standard InChI is InChI=1S/C26H23N5O3S/c27-20(18-9-6-10-19(32)15-18)16-25(33)34-23-12-5-4-11-22(23)28-26(35)29-24-14-13-21(30-31-24)17-7-2-1-3-8-17/h1-15,20,32H,16,27H2,(H2,28,29,31,35). The molecule has 1 aromatic heterocycles. The van der Waals surface area contributed by atoms with Crippen molar-refractivity contribution in [1.29, 1.82) is 0 Å². The molecule has 0 amide bonds. The van der Waals surface area contributed by atoms with Gasteiger partial charge >= 0.3 is 5.97 Å². The molecule has 0 saturated heterocycles. The van der Waals surface area contributed by atoms with Crippen LogP contribution in [-0.4, -0.2) is 26.4 Å². The minimum atomic E-state index is -0.616. The maximum Gasteiger partial charge on any atom is 0.313 e. The van der Waals surface area contributed by atoms with Crippen LogP contribution in [0, 0.1) is 0 Å². The number of aromatic hydroxyl groups is 1. The van der Waals surface area contributed by atoms with Gasteiger partial charge in [0.25, 0.3) is 0 Å². The summed E-state index contributed by atoms with van der Waals surface area (Å²) in [4.78, 5) is 12.5. The summed E-state index contributed by atoms with van der Waals surface area (Å²) in [6.45, 7) is 0. The number of hydrogen-bond donors (Lipinski definition) is 4. The monoisotopic (exact) mass is 485 g/mol. The molecule has 1 unspecified atom stereocenters. The van der Waals surface area contributed by atoms with Gasteiger partial charge < -0.3 is 26.2 Å². The fraction of sp³-hybridized carbons (Fsp3) is 0.0769. The number of nitrogens with one attached hydrogen (secondary N) is 2. The molecule has 0 fully saturated rings. The highest BCUT2D eigenvalue weighted by Crippen LogP contribution is 2.26. The van der Waals surface area contributed by atoms with E-state index in [1.54, 1.807) is 42.5 Å². The topological polar surface area (TPSA) is 122 Å². The average Bonchev–Trinajstić information content (AvgIpc) is 2.86. The lowest BCUT2D eigenvalue weighted by Crippen LogP contribution is -2.22. The number of aromatic nitrogens is 2. The van der Waals surface area contributed by atoms with Crippen molar-refractivity contribution in [2.75, 3.05) is 10.6 Å². The molecule has 0 aliphatic rings. The van der Waals surface area contributed by atoms with Crippen LogP contribution in [0.15, 0.2) is 91.0 Å². The lowest BCUT2D eigenvalue weighted by molar-refractivity contribution is -0.134. The quantitative estimate of drug-likeness (QED) is 0.168. The average molecular weight is 486 g/mol. The van der Waals surface area contributed by atoms with Crippen molar-refractivity contribution in [3.8, 4) is 22.8 Å². The van der Waals surface area contributed by atoms with Crippen molar-refractivity contribution in [2.24, 2.45) is 5.73 Å². The van der Waals surface area contributed by atoms with Gasteiger partial charge in [-0.3, -0.25) is 4.79 Å². The van der Waals surface area contributed by atoms with Crippen LogP contribution >= 0.6 is 12.2 Å². The fourth-order valence-electron chi connectivity index (χ4n) is 3.31. The number of anilines is 2. The first-order chi connectivity index (χ1) is 17.0. The Morgan fingerprint density at radius 1 is 0.943 bits per heavy atom. The minimum absolute atomic E-state index is 0.0656. The number of carbonyl (C=O) groups excluding carboxylic acids is 1. The predicted octanol–water partition coefficient (Wildman–Crippen LogP) is 4.65. The second-order valence-corrected chi connectivity index (χ2v) is 8.03. The lowest BCUT2D eigenvalue weighted by atomic mass is 10.0. The smallest absolute Gasteiger partial charge is 0.313 e. The molecular weight excluding hydrogens is 462 g/mol. The van der Waals surface area contributed by atoms with Crippen molar-refractivity contribution >= 4 is 34.8 Å². The summed E-state index contributed by atoms with van der Waals surface area (Å²) < 4.78 is 5.52. The number of thiocarbonyl (C=S) groups is 1. The summed E-state index contributed by atoms with van der Waals surface area (Å²) in [5.74, 6) is 0.335. The van der Waals surface area contributed by atoms with Crippen LogP contribution in [-0.2, 0) is 4.79 Å². The Balaban J connectivity index is 1.36. The molecule has 35 heavy (non-hydrogen) atoms. The molecule has 1 atom stereocenters. The maximum absolute atomic E-state index is 12.5. The number of esters is 1. The van der Waals surface area contributed by atoms with Gasteiger partial charge in [0.15, 0.2) is 16.7 Å². The van der Waals surface area contributed by atoms with Crippen molar-refractivity contribution in [3.05, 3.63) is 96.6 Å². The largest absolute Gasteiger partial charge is 0.508 e. The number of carbonyl (C=O) groups is 1. The second kappa shape index (κ2) is 11.2. The van der Waals surface area contributed by atoms with Crippen LogP contribution in [0.2, 0.25) is 0 Å². The summed E-state index contributed by atoms with van der Waals surface area (Å²) in [6, 6.07) is 26.1. The number of phenolic OH excluding ortho intramolecular Hbond substituents is 1. The number of nitrogens with two attached hydrogens (primary N) is 1. The highest BCUT2D eigenvalue weighted by molar-refractivity contribution is 7.80. The van der Waals surface area contributed by atoms with Gasteiger partial charge in [0, 0.05) is 11.6 Å². The molecule has 0 bridgehead atoms. The normalized spacial score (nSPS) is 11.3. The molecule has 4 rings (SSSR count). The van der Waals surface area contributed by atoms with E-state index in [2.05, 4.69) is 20.8 Å². The Morgan fingerprint density at radius 2 is 1.71 bits per heavy atom. The molecule has 0 saturated carbocycles. The summed E-state index contributed by atoms with van der Waals surface area (Å²) in [5, 5.41) is 24.3. The Bertz CT molecular complexity index is 1320. The van der Waals surface area contributed by atoms with Crippen LogP contribution in [0.1, 0.15) is 18.0 Å². The summed E-state index contributed by atoms with van der Waals surface area (Å²) in [6.07, 6.45) is -0.0656. The number of ether oxygens (including phenoxy) is 1. The molecule has 0 spiro atoms. The van der Waals surface area contributed by atoms with Crippen LogP contribution in [0.4, 0.5) is 11.5 Å². The van der Waals surface area contributed by atoms with Gasteiger partial charge in [0.2, 0.25) is 0 Å². The van der Waals surface area contributed by atoms with E-state index in [4.69, 9.17) is 22.7 Å². The van der Waals surface area contributed by atoms with Gasteiger partial charge in [-0.25, -0.2) is 0 Å². The number of phenols is 1. The van der Waals surface area contributed by atoms with Crippen LogP contribution in [0.5, 0.6) is 11.5 Å². The molecule has 176 valence electrons. The Labute approximate surface area is 207 Å². The first kappa shape index (κ1) is 23.8. The SMILES string of the molecule is NC(CC(=O)Oc1ccccc1NC(=S)Nc1ccc(-c2ccccc2)nn1)c1cccc(O)c1. The van der Waals surface area contributed by atoms with Gasteiger partial charge in [-0.2, -0.15) is 0 Å². The minimum Gasteiger partial charge on any atom is -0.508 e. The molecule has 0 aliphatic carbocycles. The van der Waals surface area contributed by atoms with E-state index in [9.17, 15) is 9.90 Å². The van der Waals surface area contributed by atoms with E-state index in [-0.39, 0.29) is 17.3 Å². The van der Waals surface area contributed by atoms with Gasteiger partial charge in [-0.05, 0) is 54.2 Å².